The molecule has 5 heteroatoms. The molecule has 0 fully saturated rings. The molecule has 1 aromatic rings. The van der Waals surface area contributed by atoms with Gasteiger partial charge in [0.05, 0.1) is 10.6 Å². The number of carboxylic acids is 1. The van der Waals surface area contributed by atoms with E-state index < -0.39 is 5.97 Å². The van der Waals surface area contributed by atoms with Gasteiger partial charge in [0.15, 0.2) is 0 Å². The lowest BCUT2D eigenvalue weighted by Gasteiger charge is -2.01. The molecule has 0 saturated carbocycles. The van der Waals surface area contributed by atoms with Gasteiger partial charge in [0, 0.05) is 8.59 Å². The number of rotatable bonds is 1. The van der Waals surface area contributed by atoms with Crippen LogP contribution in [-0.4, -0.2) is 11.1 Å². The fourth-order valence-corrected chi connectivity index (χ4v) is 1.75. The zero-order valence-corrected chi connectivity index (χ0v) is 9.31. The molecule has 0 atom stereocenters. The van der Waals surface area contributed by atoms with Crippen LogP contribution in [0.25, 0.3) is 0 Å². The van der Waals surface area contributed by atoms with Crippen LogP contribution in [0.2, 0.25) is 10.0 Å². The molecule has 0 bridgehead atoms. The molecule has 0 unspecified atom stereocenters. The van der Waals surface area contributed by atoms with Crippen molar-refractivity contribution in [3.8, 4) is 0 Å². The summed E-state index contributed by atoms with van der Waals surface area (Å²) < 4.78 is 0.506. The Morgan fingerprint density at radius 1 is 1.42 bits per heavy atom. The molecule has 1 rings (SSSR count). The van der Waals surface area contributed by atoms with Crippen molar-refractivity contribution in [3.63, 3.8) is 0 Å². The van der Waals surface area contributed by atoms with E-state index in [0.717, 1.165) is 0 Å². The number of carboxylic acid groups (broad SMARTS) is 1. The van der Waals surface area contributed by atoms with Crippen LogP contribution >= 0.6 is 45.8 Å². The van der Waals surface area contributed by atoms with Gasteiger partial charge >= 0.3 is 5.97 Å². The van der Waals surface area contributed by atoms with E-state index >= 15 is 0 Å². The first kappa shape index (κ1) is 10.1. The third kappa shape index (κ3) is 2.02. The predicted molar refractivity (Wildman–Crippen MR) is 56.1 cm³/mol. The van der Waals surface area contributed by atoms with E-state index in [0.29, 0.717) is 13.6 Å². The average molecular weight is 317 g/mol. The summed E-state index contributed by atoms with van der Waals surface area (Å²) in [5.41, 5.74) is 0.133. The van der Waals surface area contributed by atoms with E-state index in [1.54, 1.807) is 0 Å². The van der Waals surface area contributed by atoms with E-state index in [1.807, 2.05) is 22.6 Å². The van der Waals surface area contributed by atoms with E-state index in [1.165, 1.54) is 12.1 Å². The highest BCUT2D eigenvalue weighted by Gasteiger charge is 2.11. The molecule has 0 radical (unpaired) electrons. The molecular formula is C7H3Cl2IO2. The summed E-state index contributed by atoms with van der Waals surface area (Å²) in [5, 5.41) is 9.39. The van der Waals surface area contributed by atoms with Crippen molar-refractivity contribution in [1.82, 2.24) is 0 Å². The molecule has 0 heterocycles. The molecular weight excluding hydrogens is 314 g/mol. The molecule has 0 amide bonds. The zero-order valence-electron chi connectivity index (χ0n) is 5.64. The maximum Gasteiger partial charge on any atom is 0.336 e. The summed E-state index contributed by atoms with van der Waals surface area (Å²) in [7, 11) is 0. The fraction of sp³-hybridized carbons (Fsp3) is 0. The van der Waals surface area contributed by atoms with Crippen molar-refractivity contribution in [1.29, 1.82) is 0 Å². The second kappa shape index (κ2) is 3.81. The van der Waals surface area contributed by atoms with Crippen LogP contribution < -0.4 is 0 Å². The molecule has 1 aromatic carbocycles. The molecule has 0 spiro atoms. The first-order valence-electron chi connectivity index (χ1n) is 2.90. The smallest absolute Gasteiger partial charge is 0.336 e. The van der Waals surface area contributed by atoms with Crippen molar-refractivity contribution in [2.75, 3.05) is 0 Å². The highest BCUT2D eigenvalue weighted by atomic mass is 127. The van der Waals surface area contributed by atoms with Crippen LogP contribution in [0.5, 0.6) is 0 Å². The predicted octanol–water partition coefficient (Wildman–Crippen LogP) is 3.30. The quantitative estimate of drug-likeness (QED) is 0.637. The number of hydrogen-bond acceptors (Lipinski definition) is 1. The molecule has 0 aliphatic rings. The number of halogens is 3. The minimum atomic E-state index is -1.02. The summed E-state index contributed by atoms with van der Waals surface area (Å²) >= 11 is 13.2. The molecule has 0 saturated heterocycles. The molecule has 12 heavy (non-hydrogen) atoms. The van der Waals surface area contributed by atoms with Gasteiger partial charge in [-0.15, -0.1) is 0 Å². The lowest BCUT2D eigenvalue weighted by molar-refractivity contribution is 0.0695. The summed E-state index contributed by atoms with van der Waals surface area (Å²) in [6.07, 6.45) is 0. The monoisotopic (exact) mass is 316 g/mol. The van der Waals surface area contributed by atoms with Gasteiger partial charge in [-0.1, -0.05) is 23.2 Å². The minimum Gasteiger partial charge on any atom is -0.478 e. The molecule has 2 nitrogen and oxygen atoms in total. The number of aromatic carboxylic acids is 1. The SMILES string of the molecule is O=C(O)c1cc(Cl)cc(Cl)c1I. The van der Waals surface area contributed by atoms with Gasteiger partial charge in [0.25, 0.3) is 0 Å². The number of benzene rings is 1. The third-order valence-corrected chi connectivity index (χ3v) is 3.22. The topological polar surface area (TPSA) is 37.3 Å². The van der Waals surface area contributed by atoms with Crippen molar-refractivity contribution in [3.05, 3.63) is 31.3 Å². The highest BCUT2D eigenvalue weighted by Crippen LogP contribution is 2.26. The zero-order chi connectivity index (χ0) is 9.30. The maximum atomic E-state index is 10.6. The van der Waals surface area contributed by atoms with Crippen LogP contribution in [0.4, 0.5) is 0 Å². The lowest BCUT2D eigenvalue weighted by atomic mass is 10.2. The molecule has 0 aromatic heterocycles. The fourth-order valence-electron chi connectivity index (χ4n) is 0.712. The first-order valence-corrected chi connectivity index (χ1v) is 4.73. The first-order chi connectivity index (χ1) is 5.52. The Labute approximate surface area is 92.6 Å². The Bertz CT molecular complexity index is 338. The summed E-state index contributed by atoms with van der Waals surface area (Å²) in [6, 6.07) is 2.88. The van der Waals surface area contributed by atoms with Crippen molar-refractivity contribution < 1.29 is 9.90 Å². The van der Waals surface area contributed by atoms with Gasteiger partial charge in [-0.2, -0.15) is 0 Å². The van der Waals surface area contributed by atoms with E-state index in [9.17, 15) is 4.79 Å². The Morgan fingerprint density at radius 3 is 2.50 bits per heavy atom. The van der Waals surface area contributed by atoms with Crippen LogP contribution in [0.1, 0.15) is 10.4 Å². The molecule has 64 valence electrons. The van der Waals surface area contributed by atoms with Crippen LogP contribution in [0.15, 0.2) is 12.1 Å². The van der Waals surface area contributed by atoms with E-state index in [4.69, 9.17) is 28.3 Å². The molecule has 0 aliphatic carbocycles. The third-order valence-electron chi connectivity index (χ3n) is 1.22. The number of hydrogen-bond donors (Lipinski definition) is 1. The Hall–Kier alpha value is -0.000000000000000111. The minimum absolute atomic E-state index is 0.133. The van der Waals surface area contributed by atoms with Gasteiger partial charge in [0.1, 0.15) is 0 Å². The second-order valence-corrected chi connectivity index (χ2v) is 3.98. The Morgan fingerprint density at radius 2 is 2.00 bits per heavy atom. The highest BCUT2D eigenvalue weighted by molar-refractivity contribution is 14.1. The van der Waals surface area contributed by atoms with Gasteiger partial charge in [-0.3, -0.25) is 0 Å². The summed E-state index contributed by atoms with van der Waals surface area (Å²) in [6.45, 7) is 0. The molecule has 0 aliphatic heterocycles. The van der Waals surface area contributed by atoms with E-state index in [2.05, 4.69) is 0 Å². The molecule has 1 N–H and O–H groups in total. The van der Waals surface area contributed by atoms with E-state index in [-0.39, 0.29) is 5.56 Å². The second-order valence-electron chi connectivity index (χ2n) is 2.05. The lowest BCUT2D eigenvalue weighted by Crippen LogP contribution is -1.99. The van der Waals surface area contributed by atoms with Crippen LogP contribution in [-0.2, 0) is 0 Å². The van der Waals surface area contributed by atoms with Gasteiger partial charge in [-0.25, -0.2) is 4.79 Å². The van der Waals surface area contributed by atoms with Crippen molar-refractivity contribution >= 4 is 51.8 Å². The van der Waals surface area contributed by atoms with Gasteiger partial charge < -0.3 is 5.11 Å². The maximum absolute atomic E-state index is 10.6. The number of carbonyl (C=O) groups is 1. The van der Waals surface area contributed by atoms with Crippen LogP contribution in [0, 0.1) is 3.57 Å². The standard InChI is InChI=1S/C7H3Cl2IO2/c8-3-1-4(7(11)12)6(10)5(9)2-3/h1-2H,(H,11,12). The average Bonchev–Trinajstić information content (AvgIpc) is 1.96. The van der Waals surface area contributed by atoms with Crippen molar-refractivity contribution in [2.45, 2.75) is 0 Å². The van der Waals surface area contributed by atoms with Crippen molar-refractivity contribution in [2.24, 2.45) is 0 Å². The van der Waals surface area contributed by atoms with Crippen LogP contribution in [0.3, 0.4) is 0 Å². The summed E-state index contributed by atoms with van der Waals surface area (Å²) in [5.74, 6) is -1.02. The Kier molecular flexibility index (Phi) is 3.20. The Balaban J connectivity index is 3.37. The van der Waals surface area contributed by atoms with Gasteiger partial charge in [0.2, 0.25) is 0 Å². The normalized spacial score (nSPS) is 9.92. The largest absolute Gasteiger partial charge is 0.478 e. The van der Waals surface area contributed by atoms with Gasteiger partial charge in [-0.05, 0) is 34.7 Å². The summed E-state index contributed by atoms with van der Waals surface area (Å²) in [4.78, 5) is 10.6.